The van der Waals surface area contributed by atoms with Crippen molar-refractivity contribution in [3.63, 3.8) is 0 Å². The molecule has 2 rings (SSSR count). The highest BCUT2D eigenvalue weighted by Crippen LogP contribution is 2.25. The summed E-state index contributed by atoms with van der Waals surface area (Å²) in [5.41, 5.74) is 1.84. The molecule has 0 radical (unpaired) electrons. The van der Waals surface area contributed by atoms with Crippen molar-refractivity contribution < 1.29 is 4.79 Å². The first-order valence-corrected chi connectivity index (χ1v) is 7.68. The van der Waals surface area contributed by atoms with Gasteiger partial charge in [-0.25, -0.2) is 0 Å². The summed E-state index contributed by atoms with van der Waals surface area (Å²) in [5, 5.41) is 0. The van der Waals surface area contributed by atoms with Gasteiger partial charge in [0.15, 0.2) is 0 Å². The maximum Gasteiger partial charge on any atom is 0.254 e. The molecule has 1 aromatic rings. The molecule has 2 nitrogen and oxygen atoms in total. The summed E-state index contributed by atoms with van der Waals surface area (Å²) < 4.78 is 0. The average molecular weight is 277 g/mol. The lowest BCUT2D eigenvalue weighted by Crippen LogP contribution is -2.41. The third-order valence-electron chi connectivity index (χ3n) is 4.07. The molecule has 104 valence electrons. The third-order valence-corrected chi connectivity index (χ3v) is 4.35. The Morgan fingerprint density at radius 1 is 1.32 bits per heavy atom. The number of benzene rings is 1. The van der Waals surface area contributed by atoms with Gasteiger partial charge in [-0.05, 0) is 44.4 Å². The molecule has 0 saturated heterocycles. The first kappa shape index (κ1) is 14.4. The number of carbonyl (C=O) groups excluding carboxylic acids is 1. The summed E-state index contributed by atoms with van der Waals surface area (Å²) in [6.45, 7) is 4.86. The first-order chi connectivity index (χ1) is 9.13. The molecule has 0 bridgehead atoms. The van der Waals surface area contributed by atoms with Crippen molar-refractivity contribution in [2.45, 2.75) is 56.9 Å². The Hall–Kier alpha value is -0.960. The molecule has 1 fully saturated rings. The zero-order chi connectivity index (χ0) is 13.8. The van der Waals surface area contributed by atoms with Crippen LogP contribution in [0, 0.1) is 6.92 Å². The molecule has 1 saturated carbocycles. The maximum absolute atomic E-state index is 12.7. The molecule has 0 heterocycles. The molecule has 3 heteroatoms. The largest absolute Gasteiger partial charge is 0.336 e. The Kier molecular flexibility index (Phi) is 4.92. The summed E-state index contributed by atoms with van der Waals surface area (Å²) in [6, 6.07) is 6.23. The molecule has 0 aliphatic heterocycles. The quantitative estimate of drug-likeness (QED) is 0.826. The standard InChI is InChI=1S/C16H23NOS/c1-3-17(13-7-5-4-6-8-13)16(18)15-11-14(19)10-9-12(15)2/h9-11,13,19H,3-8H2,1-2H3. The van der Waals surface area contributed by atoms with E-state index in [1.54, 1.807) is 0 Å². The van der Waals surface area contributed by atoms with Crippen molar-refractivity contribution in [3.8, 4) is 0 Å². The second kappa shape index (κ2) is 6.47. The highest BCUT2D eigenvalue weighted by atomic mass is 32.1. The van der Waals surface area contributed by atoms with Crippen LogP contribution < -0.4 is 0 Å². The van der Waals surface area contributed by atoms with Crippen LogP contribution in [0.15, 0.2) is 23.1 Å². The Morgan fingerprint density at radius 2 is 2.00 bits per heavy atom. The van der Waals surface area contributed by atoms with Gasteiger partial charge in [0.25, 0.3) is 5.91 Å². The van der Waals surface area contributed by atoms with Crippen LogP contribution >= 0.6 is 12.6 Å². The molecule has 0 spiro atoms. The topological polar surface area (TPSA) is 20.3 Å². The molecule has 0 unspecified atom stereocenters. The zero-order valence-corrected chi connectivity index (χ0v) is 12.7. The zero-order valence-electron chi connectivity index (χ0n) is 11.9. The van der Waals surface area contributed by atoms with Gasteiger partial charge >= 0.3 is 0 Å². The van der Waals surface area contributed by atoms with E-state index in [2.05, 4.69) is 24.5 Å². The summed E-state index contributed by atoms with van der Waals surface area (Å²) >= 11 is 4.35. The molecular weight excluding hydrogens is 254 g/mol. The summed E-state index contributed by atoms with van der Waals surface area (Å²) in [5.74, 6) is 0.169. The van der Waals surface area contributed by atoms with E-state index in [1.165, 1.54) is 19.3 Å². The lowest BCUT2D eigenvalue weighted by atomic mass is 9.93. The van der Waals surface area contributed by atoms with Crippen LogP contribution in [-0.4, -0.2) is 23.4 Å². The van der Waals surface area contributed by atoms with Crippen molar-refractivity contribution >= 4 is 18.5 Å². The number of hydrogen-bond donors (Lipinski definition) is 1. The molecule has 1 amide bonds. The fraction of sp³-hybridized carbons (Fsp3) is 0.562. The van der Waals surface area contributed by atoms with Crippen molar-refractivity contribution in [3.05, 3.63) is 29.3 Å². The van der Waals surface area contributed by atoms with Gasteiger partial charge in [-0.3, -0.25) is 4.79 Å². The smallest absolute Gasteiger partial charge is 0.254 e. The number of thiol groups is 1. The molecule has 0 atom stereocenters. The van der Waals surface area contributed by atoms with Crippen molar-refractivity contribution in [2.24, 2.45) is 0 Å². The summed E-state index contributed by atoms with van der Waals surface area (Å²) in [4.78, 5) is 15.6. The fourth-order valence-electron chi connectivity index (χ4n) is 2.96. The van der Waals surface area contributed by atoms with Gasteiger partial charge in [-0.2, -0.15) is 0 Å². The molecule has 1 aliphatic rings. The Labute approximate surface area is 121 Å². The second-order valence-electron chi connectivity index (χ2n) is 5.38. The van der Waals surface area contributed by atoms with Gasteiger partial charge < -0.3 is 4.90 Å². The van der Waals surface area contributed by atoms with Gasteiger partial charge in [0.05, 0.1) is 0 Å². The second-order valence-corrected chi connectivity index (χ2v) is 5.90. The van der Waals surface area contributed by atoms with Crippen LogP contribution in [0.1, 0.15) is 54.9 Å². The van der Waals surface area contributed by atoms with Crippen molar-refractivity contribution in [1.82, 2.24) is 4.90 Å². The molecule has 1 aromatic carbocycles. The predicted octanol–water partition coefficient (Wildman–Crippen LogP) is 4.08. The summed E-state index contributed by atoms with van der Waals surface area (Å²) in [6.07, 6.45) is 6.12. The fourth-order valence-corrected chi connectivity index (χ4v) is 3.16. The minimum Gasteiger partial charge on any atom is -0.336 e. The lowest BCUT2D eigenvalue weighted by molar-refractivity contribution is 0.0647. The Bertz CT molecular complexity index is 452. The predicted molar refractivity (Wildman–Crippen MR) is 82.0 cm³/mol. The number of hydrogen-bond acceptors (Lipinski definition) is 2. The van der Waals surface area contributed by atoms with E-state index in [0.29, 0.717) is 6.04 Å². The highest BCUT2D eigenvalue weighted by molar-refractivity contribution is 7.80. The van der Waals surface area contributed by atoms with Crippen LogP contribution in [0.5, 0.6) is 0 Å². The number of amides is 1. The van der Waals surface area contributed by atoms with E-state index in [1.807, 2.05) is 25.1 Å². The van der Waals surface area contributed by atoms with Gasteiger partial charge in [0, 0.05) is 23.0 Å². The Balaban J connectivity index is 2.22. The molecule has 0 aromatic heterocycles. The van der Waals surface area contributed by atoms with Crippen LogP contribution in [0.4, 0.5) is 0 Å². The van der Waals surface area contributed by atoms with Crippen LogP contribution in [-0.2, 0) is 0 Å². The minimum atomic E-state index is 0.169. The van der Waals surface area contributed by atoms with Crippen LogP contribution in [0.3, 0.4) is 0 Å². The maximum atomic E-state index is 12.7. The number of carbonyl (C=O) groups is 1. The number of nitrogens with zero attached hydrogens (tertiary/aromatic N) is 1. The molecular formula is C16H23NOS. The number of aryl methyl sites for hydroxylation is 1. The average Bonchev–Trinajstić information content (AvgIpc) is 2.43. The van der Waals surface area contributed by atoms with Crippen molar-refractivity contribution in [2.75, 3.05) is 6.54 Å². The minimum absolute atomic E-state index is 0.169. The van der Waals surface area contributed by atoms with Crippen molar-refractivity contribution in [1.29, 1.82) is 0 Å². The normalized spacial score (nSPS) is 16.4. The van der Waals surface area contributed by atoms with Crippen LogP contribution in [0.25, 0.3) is 0 Å². The Morgan fingerprint density at radius 3 is 2.63 bits per heavy atom. The third kappa shape index (κ3) is 3.33. The van der Waals surface area contributed by atoms with E-state index in [0.717, 1.165) is 35.4 Å². The number of rotatable bonds is 3. The first-order valence-electron chi connectivity index (χ1n) is 7.24. The monoisotopic (exact) mass is 277 g/mol. The van der Waals surface area contributed by atoms with E-state index in [4.69, 9.17) is 0 Å². The van der Waals surface area contributed by atoms with Crippen LogP contribution in [0.2, 0.25) is 0 Å². The SMILES string of the molecule is CCN(C(=O)c1cc(S)ccc1C)C1CCCCC1. The van der Waals surface area contributed by atoms with Gasteiger partial charge in [0.1, 0.15) is 0 Å². The molecule has 19 heavy (non-hydrogen) atoms. The molecule has 1 aliphatic carbocycles. The van der Waals surface area contributed by atoms with E-state index < -0.39 is 0 Å². The highest BCUT2D eigenvalue weighted by Gasteiger charge is 2.25. The van der Waals surface area contributed by atoms with Gasteiger partial charge in [0.2, 0.25) is 0 Å². The van der Waals surface area contributed by atoms with Gasteiger partial charge in [-0.15, -0.1) is 12.6 Å². The van der Waals surface area contributed by atoms with Gasteiger partial charge in [-0.1, -0.05) is 25.3 Å². The summed E-state index contributed by atoms with van der Waals surface area (Å²) in [7, 11) is 0. The van der Waals surface area contributed by atoms with E-state index in [9.17, 15) is 4.79 Å². The van der Waals surface area contributed by atoms with E-state index >= 15 is 0 Å². The molecule has 0 N–H and O–H groups in total. The van der Waals surface area contributed by atoms with E-state index in [-0.39, 0.29) is 5.91 Å². The lowest BCUT2D eigenvalue weighted by Gasteiger charge is -2.34.